The third-order valence-electron chi connectivity index (χ3n) is 2.56. The molecule has 17 heavy (non-hydrogen) atoms. The quantitative estimate of drug-likeness (QED) is 0.817. The van der Waals surface area contributed by atoms with E-state index >= 15 is 0 Å². The zero-order chi connectivity index (χ0) is 12.7. The summed E-state index contributed by atoms with van der Waals surface area (Å²) in [6, 6.07) is 7.90. The molecule has 0 saturated carbocycles. The first-order chi connectivity index (χ1) is 8.19. The van der Waals surface area contributed by atoms with Crippen molar-refractivity contribution >= 4 is 23.4 Å². The number of thioether (sulfide) groups is 1. The van der Waals surface area contributed by atoms with E-state index in [1.54, 1.807) is 11.8 Å². The number of carbonyl (C=O) groups excluding carboxylic acids is 1. The van der Waals surface area contributed by atoms with Crippen molar-refractivity contribution in [2.75, 3.05) is 18.1 Å². The lowest BCUT2D eigenvalue weighted by atomic mass is 10.1. The van der Waals surface area contributed by atoms with Crippen molar-refractivity contribution in [1.82, 2.24) is 5.32 Å². The molecule has 0 radical (unpaired) electrons. The fraction of sp³-hybridized carbons (Fsp3) is 0.462. The molecule has 1 unspecified atom stereocenters. The van der Waals surface area contributed by atoms with Crippen molar-refractivity contribution in [3.8, 4) is 0 Å². The normalized spacial score (nSPS) is 12.2. The molecule has 0 fully saturated rings. The van der Waals surface area contributed by atoms with Crippen molar-refractivity contribution < 1.29 is 4.79 Å². The van der Waals surface area contributed by atoms with Crippen molar-refractivity contribution in [2.24, 2.45) is 0 Å². The van der Waals surface area contributed by atoms with Crippen LogP contribution < -0.4 is 10.6 Å². The summed E-state index contributed by atoms with van der Waals surface area (Å²) in [5, 5.41) is 6.21. The van der Waals surface area contributed by atoms with Crippen LogP contribution >= 0.6 is 11.8 Å². The van der Waals surface area contributed by atoms with Crippen LogP contribution in [0.4, 0.5) is 5.69 Å². The third-order valence-corrected chi connectivity index (χ3v) is 3.48. The van der Waals surface area contributed by atoms with E-state index in [9.17, 15) is 4.79 Å². The highest BCUT2D eigenvalue weighted by Gasteiger charge is 2.12. The average molecular weight is 252 g/mol. The Morgan fingerprint density at radius 3 is 2.76 bits per heavy atom. The molecule has 1 atom stereocenters. The van der Waals surface area contributed by atoms with E-state index in [1.165, 1.54) is 0 Å². The first-order valence-corrected chi connectivity index (χ1v) is 7.10. The zero-order valence-corrected chi connectivity index (χ0v) is 11.4. The lowest BCUT2D eigenvalue weighted by Gasteiger charge is -2.13. The van der Waals surface area contributed by atoms with Gasteiger partial charge in [-0.15, -0.1) is 0 Å². The largest absolute Gasteiger partial charge is 0.325 e. The predicted octanol–water partition coefficient (Wildman–Crippen LogP) is 2.49. The van der Waals surface area contributed by atoms with Gasteiger partial charge in [0.25, 0.3) is 0 Å². The maximum Gasteiger partial charge on any atom is 0.237 e. The molecule has 1 amide bonds. The summed E-state index contributed by atoms with van der Waals surface area (Å²) >= 11 is 1.55. The van der Waals surface area contributed by atoms with E-state index < -0.39 is 0 Å². The highest BCUT2D eigenvalue weighted by Crippen LogP contribution is 2.16. The summed E-state index contributed by atoms with van der Waals surface area (Å²) in [5.41, 5.74) is 2.02. The SMILES string of the molecule is CCNCc1ccccc1NC(=O)C(C)SC. The Hall–Kier alpha value is -1.000. The molecule has 1 rings (SSSR count). The number of hydrogen-bond donors (Lipinski definition) is 2. The Labute approximate surface area is 107 Å². The number of anilines is 1. The average Bonchev–Trinajstić information content (AvgIpc) is 2.36. The number of para-hydroxylation sites is 1. The van der Waals surface area contributed by atoms with Crippen LogP contribution in [0.15, 0.2) is 24.3 Å². The van der Waals surface area contributed by atoms with Gasteiger partial charge >= 0.3 is 0 Å². The summed E-state index contributed by atoms with van der Waals surface area (Å²) < 4.78 is 0. The van der Waals surface area contributed by atoms with Gasteiger partial charge in [-0.2, -0.15) is 11.8 Å². The van der Waals surface area contributed by atoms with Gasteiger partial charge in [0.1, 0.15) is 0 Å². The molecule has 0 aliphatic heterocycles. The molecular weight excluding hydrogens is 232 g/mol. The molecule has 3 nitrogen and oxygen atoms in total. The van der Waals surface area contributed by atoms with Crippen LogP contribution in [0.2, 0.25) is 0 Å². The zero-order valence-electron chi connectivity index (χ0n) is 10.6. The molecule has 1 aromatic rings. The molecule has 2 N–H and O–H groups in total. The van der Waals surface area contributed by atoms with Gasteiger partial charge in [-0.25, -0.2) is 0 Å². The number of rotatable bonds is 6. The fourth-order valence-electron chi connectivity index (χ4n) is 1.40. The lowest BCUT2D eigenvalue weighted by Crippen LogP contribution is -2.23. The molecule has 0 saturated heterocycles. The molecule has 0 spiro atoms. The number of benzene rings is 1. The van der Waals surface area contributed by atoms with Crippen LogP contribution in [-0.2, 0) is 11.3 Å². The van der Waals surface area contributed by atoms with E-state index in [2.05, 4.69) is 17.6 Å². The lowest BCUT2D eigenvalue weighted by molar-refractivity contribution is -0.115. The first-order valence-electron chi connectivity index (χ1n) is 5.81. The smallest absolute Gasteiger partial charge is 0.237 e. The molecule has 94 valence electrons. The fourth-order valence-corrected chi connectivity index (χ4v) is 1.67. The number of carbonyl (C=O) groups is 1. The number of hydrogen-bond acceptors (Lipinski definition) is 3. The monoisotopic (exact) mass is 252 g/mol. The number of nitrogens with one attached hydrogen (secondary N) is 2. The number of amides is 1. The molecule has 4 heteroatoms. The summed E-state index contributed by atoms with van der Waals surface area (Å²) in [6.45, 7) is 5.67. The highest BCUT2D eigenvalue weighted by atomic mass is 32.2. The molecule has 1 aromatic carbocycles. The van der Waals surface area contributed by atoms with Crippen LogP contribution in [0.1, 0.15) is 19.4 Å². The van der Waals surface area contributed by atoms with Crippen molar-refractivity contribution in [3.63, 3.8) is 0 Å². The van der Waals surface area contributed by atoms with Crippen LogP contribution in [0, 0.1) is 0 Å². The summed E-state index contributed by atoms with van der Waals surface area (Å²) in [5.74, 6) is 0.0569. The van der Waals surface area contributed by atoms with Gasteiger partial charge in [-0.3, -0.25) is 4.79 Å². The van der Waals surface area contributed by atoms with Gasteiger partial charge in [0, 0.05) is 12.2 Å². The van der Waals surface area contributed by atoms with E-state index in [0.717, 1.165) is 24.3 Å². The van der Waals surface area contributed by atoms with E-state index in [1.807, 2.05) is 37.4 Å². The Balaban J connectivity index is 2.72. The van der Waals surface area contributed by atoms with Crippen LogP contribution in [-0.4, -0.2) is 24.0 Å². The molecule has 0 bridgehead atoms. The minimum atomic E-state index is -0.0257. The molecule has 0 heterocycles. The van der Waals surface area contributed by atoms with Gasteiger partial charge < -0.3 is 10.6 Å². The van der Waals surface area contributed by atoms with E-state index in [4.69, 9.17) is 0 Å². The van der Waals surface area contributed by atoms with Crippen molar-refractivity contribution in [2.45, 2.75) is 25.6 Å². The van der Waals surface area contributed by atoms with Crippen molar-refractivity contribution in [1.29, 1.82) is 0 Å². The Bertz CT molecular complexity index is 368. The van der Waals surface area contributed by atoms with Gasteiger partial charge in [-0.05, 0) is 31.4 Å². The third kappa shape index (κ3) is 4.40. The van der Waals surface area contributed by atoms with Crippen LogP contribution in [0.3, 0.4) is 0 Å². The van der Waals surface area contributed by atoms with E-state index in [0.29, 0.717) is 0 Å². The van der Waals surface area contributed by atoms with Gasteiger partial charge in [0.15, 0.2) is 0 Å². The Morgan fingerprint density at radius 2 is 2.12 bits per heavy atom. The van der Waals surface area contributed by atoms with Crippen LogP contribution in [0.5, 0.6) is 0 Å². The minimum Gasteiger partial charge on any atom is -0.325 e. The molecule has 0 aliphatic carbocycles. The van der Waals surface area contributed by atoms with E-state index in [-0.39, 0.29) is 11.2 Å². The second-order valence-electron chi connectivity index (χ2n) is 3.80. The maximum absolute atomic E-state index is 11.8. The molecule has 0 aromatic heterocycles. The van der Waals surface area contributed by atoms with Crippen LogP contribution in [0.25, 0.3) is 0 Å². The topological polar surface area (TPSA) is 41.1 Å². The summed E-state index contributed by atoms with van der Waals surface area (Å²) in [6.07, 6.45) is 1.94. The second-order valence-corrected chi connectivity index (χ2v) is 4.98. The molecule has 0 aliphatic rings. The maximum atomic E-state index is 11.8. The second kappa shape index (κ2) is 7.35. The Kier molecular flexibility index (Phi) is 6.08. The Morgan fingerprint density at radius 1 is 1.41 bits per heavy atom. The van der Waals surface area contributed by atoms with Gasteiger partial charge in [0.2, 0.25) is 5.91 Å². The van der Waals surface area contributed by atoms with Gasteiger partial charge in [0.05, 0.1) is 5.25 Å². The predicted molar refractivity (Wildman–Crippen MR) is 75.4 cm³/mol. The molecular formula is C13H20N2OS. The minimum absolute atomic E-state index is 0.0257. The van der Waals surface area contributed by atoms with Gasteiger partial charge in [-0.1, -0.05) is 25.1 Å². The first kappa shape index (κ1) is 14.1. The van der Waals surface area contributed by atoms with Crippen molar-refractivity contribution in [3.05, 3.63) is 29.8 Å². The summed E-state index contributed by atoms with van der Waals surface area (Å²) in [7, 11) is 0. The summed E-state index contributed by atoms with van der Waals surface area (Å²) in [4.78, 5) is 11.8. The standard InChI is InChI=1S/C13H20N2OS/c1-4-14-9-11-7-5-6-8-12(11)15-13(16)10(2)17-3/h5-8,10,14H,4,9H2,1-3H3,(H,15,16). The highest BCUT2D eigenvalue weighted by molar-refractivity contribution is 7.99.